The third-order valence-corrected chi connectivity index (χ3v) is 4.84. The number of aryl methyl sites for hydroxylation is 1. The number of hydrogen-bond acceptors (Lipinski definition) is 4. The number of halogens is 1. The molecule has 1 aromatic heterocycles. The maximum Gasteiger partial charge on any atom is 0.168 e. The summed E-state index contributed by atoms with van der Waals surface area (Å²) in [5.41, 5.74) is 3.15. The molecule has 4 rings (SSSR count). The van der Waals surface area contributed by atoms with E-state index < -0.39 is 0 Å². The number of nitrogens with zero attached hydrogens (tertiary/aromatic N) is 4. The smallest absolute Gasteiger partial charge is 0.168 e. The Morgan fingerprint density at radius 3 is 2.46 bits per heavy atom. The SMILES string of the molecule is Cn1cc(NC2CCN(c3ccc(-c4cccc(F)c4)cc3)CC2)nn1. The van der Waals surface area contributed by atoms with Gasteiger partial charge in [0, 0.05) is 31.9 Å². The molecule has 1 N–H and O–H groups in total. The minimum absolute atomic E-state index is 0.204. The monoisotopic (exact) mass is 351 g/mol. The van der Waals surface area contributed by atoms with Crippen LogP contribution in [-0.4, -0.2) is 34.1 Å². The molecular weight excluding hydrogens is 329 g/mol. The van der Waals surface area contributed by atoms with Gasteiger partial charge in [0.15, 0.2) is 5.82 Å². The van der Waals surface area contributed by atoms with Gasteiger partial charge in [-0.05, 0) is 48.2 Å². The second-order valence-electron chi connectivity index (χ2n) is 6.74. The van der Waals surface area contributed by atoms with Gasteiger partial charge in [-0.25, -0.2) is 4.39 Å². The summed E-state index contributed by atoms with van der Waals surface area (Å²) in [4.78, 5) is 2.39. The van der Waals surface area contributed by atoms with E-state index in [1.807, 2.05) is 19.3 Å². The first-order chi connectivity index (χ1) is 12.7. The van der Waals surface area contributed by atoms with Crippen molar-refractivity contribution >= 4 is 11.5 Å². The third-order valence-electron chi connectivity index (χ3n) is 4.84. The van der Waals surface area contributed by atoms with E-state index in [9.17, 15) is 4.39 Å². The Morgan fingerprint density at radius 2 is 1.81 bits per heavy atom. The van der Waals surface area contributed by atoms with Crippen LogP contribution >= 0.6 is 0 Å². The molecule has 2 heterocycles. The molecule has 0 radical (unpaired) electrons. The maximum atomic E-state index is 13.4. The van der Waals surface area contributed by atoms with Crippen LogP contribution in [0, 0.1) is 5.82 Å². The quantitative estimate of drug-likeness (QED) is 0.778. The largest absolute Gasteiger partial charge is 0.371 e. The van der Waals surface area contributed by atoms with Gasteiger partial charge in [-0.15, -0.1) is 5.10 Å². The van der Waals surface area contributed by atoms with E-state index in [-0.39, 0.29) is 5.82 Å². The Morgan fingerprint density at radius 1 is 1.04 bits per heavy atom. The van der Waals surface area contributed by atoms with Crippen LogP contribution in [0.25, 0.3) is 11.1 Å². The minimum atomic E-state index is -0.204. The molecule has 26 heavy (non-hydrogen) atoms. The van der Waals surface area contributed by atoms with Crippen LogP contribution < -0.4 is 10.2 Å². The highest BCUT2D eigenvalue weighted by molar-refractivity contribution is 5.66. The average molecular weight is 351 g/mol. The third kappa shape index (κ3) is 3.69. The Balaban J connectivity index is 1.37. The summed E-state index contributed by atoms with van der Waals surface area (Å²) in [7, 11) is 1.87. The van der Waals surface area contributed by atoms with E-state index in [1.54, 1.807) is 16.8 Å². The van der Waals surface area contributed by atoms with Crippen molar-refractivity contribution in [1.29, 1.82) is 0 Å². The summed E-state index contributed by atoms with van der Waals surface area (Å²) in [5, 5.41) is 11.5. The molecule has 3 aromatic rings. The van der Waals surface area contributed by atoms with Crippen LogP contribution in [-0.2, 0) is 7.05 Å². The van der Waals surface area contributed by atoms with Gasteiger partial charge in [0.2, 0.25) is 0 Å². The molecule has 0 aliphatic carbocycles. The van der Waals surface area contributed by atoms with E-state index in [0.717, 1.165) is 42.9 Å². The molecule has 1 fully saturated rings. The molecule has 0 bridgehead atoms. The molecule has 0 unspecified atom stereocenters. The molecule has 0 spiro atoms. The second-order valence-corrected chi connectivity index (χ2v) is 6.74. The molecule has 0 amide bonds. The van der Waals surface area contributed by atoms with Crippen LogP contribution in [0.3, 0.4) is 0 Å². The predicted octanol–water partition coefficient (Wildman–Crippen LogP) is 3.70. The van der Waals surface area contributed by atoms with Gasteiger partial charge in [-0.3, -0.25) is 4.68 Å². The molecule has 1 saturated heterocycles. The molecule has 0 atom stereocenters. The average Bonchev–Trinajstić information content (AvgIpc) is 3.07. The van der Waals surface area contributed by atoms with Gasteiger partial charge in [0.1, 0.15) is 5.82 Å². The maximum absolute atomic E-state index is 13.4. The zero-order valence-corrected chi connectivity index (χ0v) is 14.8. The van der Waals surface area contributed by atoms with E-state index >= 15 is 0 Å². The molecule has 5 nitrogen and oxygen atoms in total. The van der Waals surface area contributed by atoms with Crippen molar-refractivity contribution < 1.29 is 4.39 Å². The number of nitrogens with one attached hydrogen (secondary N) is 1. The first-order valence-electron chi connectivity index (χ1n) is 8.91. The van der Waals surface area contributed by atoms with Gasteiger partial charge in [0.05, 0.1) is 6.20 Å². The highest BCUT2D eigenvalue weighted by Crippen LogP contribution is 2.26. The molecule has 1 aliphatic rings. The van der Waals surface area contributed by atoms with Crippen LogP contribution in [0.15, 0.2) is 54.7 Å². The second kappa shape index (κ2) is 7.15. The zero-order chi connectivity index (χ0) is 17.9. The van der Waals surface area contributed by atoms with Crippen molar-refractivity contribution in [3.63, 3.8) is 0 Å². The Hall–Kier alpha value is -2.89. The Bertz CT molecular complexity index is 866. The fraction of sp³-hybridized carbons (Fsp3) is 0.300. The number of anilines is 2. The minimum Gasteiger partial charge on any atom is -0.371 e. The number of piperidine rings is 1. The van der Waals surface area contributed by atoms with Crippen molar-refractivity contribution in [2.24, 2.45) is 7.05 Å². The lowest BCUT2D eigenvalue weighted by atomic mass is 10.0. The fourth-order valence-corrected chi connectivity index (χ4v) is 3.44. The number of benzene rings is 2. The molecule has 0 saturated carbocycles. The molecule has 6 heteroatoms. The van der Waals surface area contributed by atoms with Crippen molar-refractivity contribution in [2.75, 3.05) is 23.3 Å². The highest BCUT2D eigenvalue weighted by atomic mass is 19.1. The van der Waals surface area contributed by atoms with Gasteiger partial charge in [0.25, 0.3) is 0 Å². The van der Waals surface area contributed by atoms with Crippen LogP contribution in [0.1, 0.15) is 12.8 Å². The standard InChI is InChI=1S/C20H22FN5/c1-25-14-20(23-24-25)22-18-9-11-26(12-10-18)19-7-5-15(6-8-19)16-3-2-4-17(21)13-16/h2-8,13-14,18,22H,9-12H2,1H3. The van der Waals surface area contributed by atoms with Gasteiger partial charge in [-0.1, -0.05) is 29.5 Å². The Labute approximate surface area is 152 Å². The summed E-state index contributed by atoms with van der Waals surface area (Å²) >= 11 is 0. The van der Waals surface area contributed by atoms with Crippen LogP contribution in [0.2, 0.25) is 0 Å². The van der Waals surface area contributed by atoms with Crippen molar-refractivity contribution in [3.8, 4) is 11.1 Å². The lowest BCUT2D eigenvalue weighted by Gasteiger charge is -2.34. The number of aromatic nitrogens is 3. The summed E-state index contributed by atoms with van der Waals surface area (Å²) in [6, 6.07) is 15.5. The first-order valence-corrected chi connectivity index (χ1v) is 8.91. The molecule has 134 valence electrons. The lowest BCUT2D eigenvalue weighted by Crippen LogP contribution is -2.39. The van der Waals surface area contributed by atoms with Crippen molar-refractivity contribution in [2.45, 2.75) is 18.9 Å². The van der Waals surface area contributed by atoms with Crippen LogP contribution in [0.5, 0.6) is 0 Å². The van der Waals surface area contributed by atoms with Crippen LogP contribution in [0.4, 0.5) is 15.9 Å². The Kier molecular flexibility index (Phi) is 4.56. The predicted molar refractivity (Wildman–Crippen MR) is 102 cm³/mol. The van der Waals surface area contributed by atoms with Crippen molar-refractivity contribution in [3.05, 3.63) is 60.5 Å². The van der Waals surface area contributed by atoms with E-state index in [0.29, 0.717) is 6.04 Å². The molecular formula is C20H22FN5. The lowest BCUT2D eigenvalue weighted by molar-refractivity contribution is 0.525. The summed E-state index contributed by atoms with van der Waals surface area (Å²) in [6.45, 7) is 1.99. The van der Waals surface area contributed by atoms with Gasteiger partial charge < -0.3 is 10.2 Å². The normalized spacial score (nSPS) is 15.2. The number of hydrogen-bond donors (Lipinski definition) is 1. The summed E-state index contributed by atoms with van der Waals surface area (Å²) in [6.07, 6.45) is 4.02. The highest BCUT2D eigenvalue weighted by Gasteiger charge is 2.20. The molecule has 1 aliphatic heterocycles. The summed E-state index contributed by atoms with van der Waals surface area (Å²) in [5.74, 6) is 0.634. The van der Waals surface area contributed by atoms with E-state index in [2.05, 4.69) is 44.8 Å². The number of rotatable bonds is 4. The zero-order valence-electron chi connectivity index (χ0n) is 14.8. The summed E-state index contributed by atoms with van der Waals surface area (Å²) < 4.78 is 15.1. The fourth-order valence-electron chi connectivity index (χ4n) is 3.44. The topological polar surface area (TPSA) is 46.0 Å². The van der Waals surface area contributed by atoms with E-state index in [4.69, 9.17) is 0 Å². The van der Waals surface area contributed by atoms with Crippen molar-refractivity contribution in [1.82, 2.24) is 15.0 Å². The molecule has 2 aromatic carbocycles. The van der Waals surface area contributed by atoms with Gasteiger partial charge >= 0.3 is 0 Å². The van der Waals surface area contributed by atoms with E-state index in [1.165, 1.54) is 11.8 Å². The van der Waals surface area contributed by atoms with Gasteiger partial charge in [-0.2, -0.15) is 0 Å². The first kappa shape index (κ1) is 16.6.